The van der Waals surface area contributed by atoms with Gasteiger partial charge in [-0.15, -0.1) is 0 Å². The van der Waals surface area contributed by atoms with Gasteiger partial charge in [-0.05, 0) is 30.5 Å². The van der Waals surface area contributed by atoms with E-state index in [0.29, 0.717) is 13.2 Å². The molecule has 2 aromatic rings. The first-order chi connectivity index (χ1) is 10.2. The highest BCUT2D eigenvalue weighted by Crippen LogP contribution is 2.07. The molecule has 0 saturated carbocycles. The molecule has 0 bridgehead atoms. The van der Waals surface area contributed by atoms with Crippen LogP contribution in [0.15, 0.2) is 54.6 Å². The van der Waals surface area contributed by atoms with Crippen LogP contribution in [0.1, 0.15) is 23.6 Å². The van der Waals surface area contributed by atoms with Crippen LogP contribution in [0.3, 0.4) is 0 Å². The van der Waals surface area contributed by atoms with Crippen LogP contribution in [0.2, 0.25) is 0 Å². The molecule has 0 aliphatic heterocycles. The van der Waals surface area contributed by atoms with Crippen LogP contribution >= 0.6 is 0 Å². The van der Waals surface area contributed by atoms with E-state index in [-0.39, 0.29) is 5.91 Å². The average Bonchev–Trinajstić information content (AvgIpc) is 2.52. The summed E-state index contributed by atoms with van der Waals surface area (Å²) >= 11 is 0. The Kier molecular flexibility index (Phi) is 5.52. The zero-order valence-corrected chi connectivity index (χ0v) is 12.5. The first-order valence-corrected chi connectivity index (χ1v) is 7.14. The first kappa shape index (κ1) is 15.3. The number of carbonyl (C=O) groups excluding carboxylic acids is 1. The SMILES string of the molecule is Cc1ccccc1CNC(=O)[C@H](C)OCc1ccccc1. The van der Waals surface area contributed by atoms with E-state index in [9.17, 15) is 4.79 Å². The molecule has 2 aromatic carbocycles. The maximum absolute atomic E-state index is 12.0. The Morgan fingerprint density at radius 2 is 1.76 bits per heavy atom. The predicted molar refractivity (Wildman–Crippen MR) is 83.7 cm³/mol. The van der Waals surface area contributed by atoms with Gasteiger partial charge < -0.3 is 10.1 Å². The highest BCUT2D eigenvalue weighted by Gasteiger charge is 2.13. The summed E-state index contributed by atoms with van der Waals surface area (Å²) < 4.78 is 5.60. The number of ether oxygens (including phenoxy) is 1. The summed E-state index contributed by atoms with van der Waals surface area (Å²) in [6.07, 6.45) is -0.464. The Labute approximate surface area is 126 Å². The fourth-order valence-corrected chi connectivity index (χ4v) is 2.01. The van der Waals surface area contributed by atoms with E-state index in [1.54, 1.807) is 6.92 Å². The Morgan fingerprint density at radius 1 is 1.10 bits per heavy atom. The van der Waals surface area contributed by atoms with Crippen molar-refractivity contribution in [2.75, 3.05) is 0 Å². The summed E-state index contributed by atoms with van der Waals surface area (Å²) in [5.74, 6) is -0.0887. The van der Waals surface area contributed by atoms with E-state index >= 15 is 0 Å². The number of amides is 1. The minimum Gasteiger partial charge on any atom is -0.364 e. The van der Waals surface area contributed by atoms with Crippen LogP contribution in [-0.4, -0.2) is 12.0 Å². The van der Waals surface area contributed by atoms with Crippen LogP contribution in [0.5, 0.6) is 0 Å². The van der Waals surface area contributed by atoms with Gasteiger partial charge in [0.2, 0.25) is 5.91 Å². The molecule has 0 heterocycles. The lowest BCUT2D eigenvalue weighted by atomic mass is 10.1. The molecule has 0 aromatic heterocycles. The van der Waals surface area contributed by atoms with Crippen molar-refractivity contribution in [1.82, 2.24) is 5.32 Å². The maximum Gasteiger partial charge on any atom is 0.249 e. The van der Waals surface area contributed by atoms with Crippen LogP contribution in [-0.2, 0) is 22.7 Å². The summed E-state index contributed by atoms with van der Waals surface area (Å²) in [5.41, 5.74) is 3.37. The number of rotatable bonds is 6. The molecular weight excluding hydrogens is 262 g/mol. The van der Waals surface area contributed by atoms with E-state index in [0.717, 1.165) is 11.1 Å². The third-order valence-corrected chi connectivity index (χ3v) is 3.43. The van der Waals surface area contributed by atoms with Crippen molar-refractivity contribution in [1.29, 1.82) is 0 Å². The van der Waals surface area contributed by atoms with Gasteiger partial charge in [-0.25, -0.2) is 0 Å². The van der Waals surface area contributed by atoms with Crippen LogP contribution in [0.25, 0.3) is 0 Å². The molecule has 0 aliphatic rings. The Bertz CT molecular complexity index is 581. The number of nitrogens with one attached hydrogen (secondary N) is 1. The van der Waals surface area contributed by atoms with Crippen LogP contribution in [0.4, 0.5) is 0 Å². The van der Waals surface area contributed by atoms with Crippen molar-refractivity contribution in [2.45, 2.75) is 33.1 Å². The zero-order chi connectivity index (χ0) is 15.1. The molecule has 1 atom stereocenters. The van der Waals surface area contributed by atoms with Gasteiger partial charge in [-0.2, -0.15) is 0 Å². The lowest BCUT2D eigenvalue weighted by Crippen LogP contribution is -2.34. The lowest BCUT2D eigenvalue weighted by Gasteiger charge is -2.14. The lowest BCUT2D eigenvalue weighted by molar-refractivity contribution is -0.132. The van der Waals surface area contributed by atoms with Crippen LogP contribution in [0, 0.1) is 6.92 Å². The summed E-state index contributed by atoms with van der Waals surface area (Å²) in [7, 11) is 0. The van der Waals surface area contributed by atoms with Gasteiger partial charge in [-0.3, -0.25) is 4.79 Å². The second kappa shape index (κ2) is 7.60. The largest absolute Gasteiger partial charge is 0.364 e. The van der Waals surface area contributed by atoms with E-state index < -0.39 is 6.10 Å². The summed E-state index contributed by atoms with van der Waals surface area (Å²) in [4.78, 5) is 12.0. The van der Waals surface area contributed by atoms with Crippen molar-refractivity contribution in [3.63, 3.8) is 0 Å². The minimum absolute atomic E-state index is 0.0887. The van der Waals surface area contributed by atoms with Gasteiger partial charge in [-0.1, -0.05) is 54.6 Å². The molecule has 3 heteroatoms. The molecule has 3 nitrogen and oxygen atoms in total. The maximum atomic E-state index is 12.0. The second-order valence-electron chi connectivity index (χ2n) is 5.08. The average molecular weight is 283 g/mol. The molecule has 1 amide bonds. The Morgan fingerprint density at radius 3 is 2.48 bits per heavy atom. The molecule has 2 rings (SSSR count). The van der Waals surface area contributed by atoms with Gasteiger partial charge in [0.25, 0.3) is 0 Å². The molecule has 110 valence electrons. The number of hydrogen-bond donors (Lipinski definition) is 1. The first-order valence-electron chi connectivity index (χ1n) is 7.14. The molecule has 0 fully saturated rings. The Balaban J connectivity index is 1.79. The number of aryl methyl sites for hydroxylation is 1. The molecule has 0 unspecified atom stereocenters. The van der Waals surface area contributed by atoms with Gasteiger partial charge in [0.1, 0.15) is 6.10 Å². The fourth-order valence-electron chi connectivity index (χ4n) is 2.01. The molecule has 0 aliphatic carbocycles. The van der Waals surface area contributed by atoms with Crippen LogP contribution < -0.4 is 5.32 Å². The van der Waals surface area contributed by atoms with Crippen molar-refractivity contribution in [3.05, 3.63) is 71.3 Å². The number of carbonyl (C=O) groups is 1. The second-order valence-corrected chi connectivity index (χ2v) is 5.08. The normalized spacial score (nSPS) is 11.9. The highest BCUT2D eigenvalue weighted by molar-refractivity contribution is 5.80. The van der Waals surface area contributed by atoms with Gasteiger partial charge >= 0.3 is 0 Å². The van der Waals surface area contributed by atoms with E-state index in [1.165, 1.54) is 5.56 Å². The summed E-state index contributed by atoms with van der Waals surface area (Å²) in [6.45, 7) is 4.79. The van der Waals surface area contributed by atoms with E-state index in [1.807, 2.05) is 61.5 Å². The third kappa shape index (κ3) is 4.72. The van der Waals surface area contributed by atoms with E-state index in [4.69, 9.17) is 4.74 Å². The molecule has 1 N–H and O–H groups in total. The Hall–Kier alpha value is -2.13. The molecule has 0 radical (unpaired) electrons. The highest BCUT2D eigenvalue weighted by atomic mass is 16.5. The predicted octanol–water partition coefficient (Wildman–Crippen LogP) is 3.22. The van der Waals surface area contributed by atoms with Gasteiger partial charge in [0.05, 0.1) is 6.61 Å². The third-order valence-electron chi connectivity index (χ3n) is 3.43. The number of benzene rings is 2. The zero-order valence-electron chi connectivity index (χ0n) is 12.5. The minimum atomic E-state index is -0.464. The van der Waals surface area contributed by atoms with E-state index in [2.05, 4.69) is 5.32 Å². The monoisotopic (exact) mass is 283 g/mol. The van der Waals surface area contributed by atoms with Gasteiger partial charge in [0.15, 0.2) is 0 Å². The number of hydrogen-bond acceptors (Lipinski definition) is 2. The summed E-state index contributed by atoms with van der Waals surface area (Å²) in [6, 6.07) is 17.9. The molecular formula is C18H21NO2. The van der Waals surface area contributed by atoms with Crippen molar-refractivity contribution in [3.8, 4) is 0 Å². The molecule has 0 saturated heterocycles. The van der Waals surface area contributed by atoms with Crippen molar-refractivity contribution in [2.24, 2.45) is 0 Å². The quantitative estimate of drug-likeness (QED) is 0.884. The molecule has 21 heavy (non-hydrogen) atoms. The molecule has 0 spiro atoms. The smallest absolute Gasteiger partial charge is 0.249 e. The standard InChI is InChI=1S/C18H21NO2/c1-14-8-6-7-11-17(14)12-19-18(20)15(2)21-13-16-9-4-3-5-10-16/h3-11,15H,12-13H2,1-2H3,(H,19,20)/t15-/m0/s1. The summed E-state index contributed by atoms with van der Waals surface area (Å²) in [5, 5.41) is 2.91. The fraction of sp³-hybridized carbons (Fsp3) is 0.278. The van der Waals surface area contributed by atoms with Crippen molar-refractivity contribution >= 4 is 5.91 Å². The van der Waals surface area contributed by atoms with Gasteiger partial charge in [0, 0.05) is 6.54 Å². The van der Waals surface area contributed by atoms with Crippen molar-refractivity contribution < 1.29 is 9.53 Å². The topological polar surface area (TPSA) is 38.3 Å².